The summed E-state index contributed by atoms with van der Waals surface area (Å²) in [5.41, 5.74) is -0.0275. The van der Waals surface area contributed by atoms with Crippen molar-refractivity contribution in [2.75, 3.05) is 0 Å². The van der Waals surface area contributed by atoms with Crippen molar-refractivity contribution in [1.82, 2.24) is 5.01 Å². The van der Waals surface area contributed by atoms with Crippen molar-refractivity contribution >= 4 is 6.21 Å². The predicted octanol–water partition coefficient (Wildman–Crippen LogP) is 2.96. The Hall–Kier alpha value is -1.31. The zero-order chi connectivity index (χ0) is 10.3. The molecule has 0 aliphatic carbocycles. The number of nitrogens with zero attached hydrogens (tertiary/aromatic N) is 2. The van der Waals surface area contributed by atoms with Gasteiger partial charge in [0.25, 0.3) is 0 Å². The molecule has 0 unspecified atom stereocenters. The van der Waals surface area contributed by atoms with Crippen LogP contribution in [0.5, 0.6) is 0 Å². The topological polar surface area (TPSA) is 15.6 Å². The van der Waals surface area contributed by atoms with Crippen LogP contribution in [0.3, 0.4) is 0 Å². The van der Waals surface area contributed by atoms with Crippen molar-refractivity contribution in [1.29, 1.82) is 0 Å². The minimum absolute atomic E-state index is 0.0275. The average molecular weight is 178 g/mol. The van der Waals surface area contributed by atoms with E-state index >= 15 is 0 Å². The smallest absolute Gasteiger partial charge is 0.0543 e. The Morgan fingerprint density at radius 1 is 1.15 bits per heavy atom. The van der Waals surface area contributed by atoms with E-state index in [-0.39, 0.29) is 5.54 Å². The Morgan fingerprint density at radius 2 is 1.77 bits per heavy atom. The van der Waals surface area contributed by atoms with Gasteiger partial charge >= 0.3 is 0 Å². The molecule has 72 valence electrons. The molecule has 0 rings (SSSR count). The Morgan fingerprint density at radius 3 is 2.15 bits per heavy atom. The van der Waals surface area contributed by atoms with Gasteiger partial charge in [-0.05, 0) is 26.8 Å². The van der Waals surface area contributed by atoms with E-state index in [9.17, 15) is 0 Å². The Bertz CT molecular complexity index is 219. The van der Waals surface area contributed by atoms with Gasteiger partial charge in [0.1, 0.15) is 0 Å². The van der Waals surface area contributed by atoms with Crippen LogP contribution in [-0.4, -0.2) is 16.8 Å². The first-order chi connectivity index (χ1) is 6.02. The highest BCUT2D eigenvalue weighted by atomic mass is 15.5. The van der Waals surface area contributed by atoms with Crippen LogP contribution in [0.15, 0.2) is 42.7 Å². The van der Waals surface area contributed by atoms with Crippen LogP contribution in [0, 0.1) is 0 Å². The van der Waals surface area contributed by atoms with Crippen LogP contribution in [0.1, 0.15) is 20.8 Å². The second-order valence-corrected chi connectivity index (χ2v) is 3.58. The van der Waals surface area contributed by atoms with Gasteiger partial charge in [0.15, 0.2) is 0 Å². The van der Waals surface area contributed by atoms with Gasteiger partial charge in [-0.2, -0.15) is 5.10 Å². The molecule has 0 bridgehead atoms. The van der Waals surface area contributed by atoms with Crippen molar-refractivity contribution in [2.45, 2.75) is 26.3 Å². The molecule has 0 spiro atoms. The normalized spacial score (nSPS) is 12.2. The lowest BCUT2D eigenvalue weighted by molar-refractivity contribution is 0.216. The van der Waals surface area contributed by atoms with Crippen molar-refractivity contribution in [2.24, 2.45) is 5.10 Å². The molecule has 0 aromatic carbocycles. The molecule has 2 nitrogen and oxygen atoms in total. The molecule has 0 N–H and O–H groups in total. The molecule has 0 amide bonds. The van der Waals surface area contributed by atoms with Crippen molar-refractivity contribution in [3.05, 3.63) is 37.6 Å². The summed E-state index contributed by atoms with van der Waals surface area (Å²) in [6.45, 7) is 13.5. The molecule has 13 heavy (non-hydrogen) atoms. The lowest BCUT2D eigenvalue weighted by Gasteiger charge is -2.29. The molecule has 0 radical (unpaired) electrons. The molecule has 0 heterocycles. The third-order valence-electron chi connectivity index (χ3n) is 1.38. The van der Waals surface area contributed by atoms with Crippen LogP contribution in [-0.2, 0) is 0 Å². The third-order valence-corrected chi connectivity index (χ3v) is 1.38. The van der Waals surface area contributed by atoms with E-state index in [1.807, 2.05) is 12.2 Å². The van der Waals surface area contributed by atoms with Crippen LogP contribution in [0.2, 0.25) is 0 Å². The number of allylic oxidation sites excluding steroid dienone is 3. The number of hydrogen-bond donors (Lipinski definition) is 0. The van der Waals surface area contributed by atoms with E-state index in [1.54, 1.807) is 23.5 Å². The van der Waals surface area contributed by atoms with Gasteiger partial charge in [0.2, 0.25) is 0 Å². The molecule has 0 aromatic rings. The monoisotopic (exact) mass is 178 g/mol. The highest BCUT2D eigenvalue weighted by Gasteiger charge is 2.15. The largest absolute Gasteiger partial charge is 0.268 e. The molecule has 0 fully saturated rings. The molecular weight excluding hydrogens is 160 g/mol. The van der Waals surface area contributed by atoms with Gasteiger partial charge in [-0.15, -0.1) is 0 Å². The summed E-state index contributed by atoms with van der Waals surface area (Å²) in [5.74, 6) is 0. The van der Waals surface area contributed by atoms with E-state index in [2.05, 4.69) is 39.0 Å². The molecule has 2 heteroatoms. The van der Waals surface area contributed by atoms with Crippen LogP contribution in [0.4, 0.5) is 0 Å². The summed E-state index contributed by atoms with van der Waals surface area (Å²) in [4.78, 5) is 0. The van der Waals surface area contributed by atoms with Crippen LogP contribution < -0.4 is 0 Å². The summed E-state index contributed by atoms with van der Waals surface area (Å²) in [6.07, 6.45) is 8.79. The maximum Gasteiger partial charge on any atom is 0.0543 e. The first kappa shape index (κ1) is 11.7. The summed E-state index contributed by atoms with van der Waals surface area (Å²) < 4.78 is 0. The molecule has 0 atom stereocenters. The summed E-state index contributed by atoms with van der Waals surface area (Å²) in [6, 6.07) is 0. The number of hydrazone groups is 1. The minimum Gasteiger partial charge on any atom is -0.268 e. The fourth-order valence-electron chi connectivity index (χ4n) is 0.733. The lowest BCUT2D eigenvalue weighted by Crippen LogP contribution is -2.32. The second kappa shape index (κ2) is 5.36. The molecule has 0 saturated heterocycles. The first-order valence-electron chi connectivity index (χ1n) is 4.26. The fourth-order valence-corrected chi connectivity index (χ4v) is 0.733. The van der Waals surface area contributed by atoms with E-state index in [0.29, 0.717) is 0 Å². The van der Waals surface area contributed by atoms with Gasteiger partial charge in [-0.25, -0.2) is 0 Å². The maximum absolute atomic E-state index is 4.21. The van der Waals surface area contributed by atoms with Gasteiger partial charge in [-0.3, -0.25) is 5.01 Å². The first-order valence-corrected chi connectivity index (χ1v) is 4.26. The van der Waals surface area contributed by atoms with Crippen LogP contribution in [0.25, 0.3) is 0 Å². The fraction of sp³-hybridized carbons (Fsp3) is 0.364. The lowest BCUT2D eigenvalue weighted by atomic mass is 10.1. The summed E-state index contributed by atoms with van der Waals surface area (Å²) >= 11 is 0. The standard InChI is InChI=1S/C11H18N2/c1-6-8-9-10-12-13(7-2)11(3,4)5/h6-10H,1-2H2,3-5H3/b9-8-,12-10-. The van der Waals surface area contributed by atoms with Crippen molar-refractivity contribution in [3.63, 3.8) is 0 Å². The summed E-state index contributed by atoms with van der Waals surface area (Å²) in [7, 11) is 0. The van der Waals surface area contributed by atoms with Gasteiger partial charge in [-0.1, -0.05) is 25.3 Å². The van der Waals surface area contributed by atoms with E-state index in [0.717, 1.165) is 0 Å². The Balaban J connectivity index is 4.29. The maximum atomic E-state index is 4.21. The van der Waals surface area contributed by atoms with E-state index in [4.69, 9.17) is 0 Å². The number of rotatable bonds is 4. The Labute approximate surface area is 80.9 Å². The molecule has 0 aliphatic rings. The molecule has 0 aliphatic heterocycles. The second-order valence-electron chi connectivity index (χ2n) is 3.58. The molecule has 0 saturated carbocycles. The average Bonchev–Trinajstić information content (AvgIpc) is 2.02. The quantitative estimate of drug-likeness (QED) is 0.367. The van der Waals surface area contributed by atoms with Gasteiger partial charge in [0, 0.05) is 12.4 Å². The highest BCUT2D eigenvalue weighted by Crippen LogP contribution is 2.12. The minimum atomic E-state index is -0.0275. The third kappa shape index (κ3) is 5.01. The predicted molar refractivity (Wildman–Crippen MR) is 59.6 cm³/mol. The Kier molecular flexibility index (Phi) is 4.82. The van der Waals surface area contributed by atoms with Crippen molar-refractivity contribution in [3.8, 4) is 0 Å². The van der Waals surface area contributed by atoms with Crippen molar-refractivity contribution < 1.29 is 0 Å². The van der Waals surface area contributed by atoms with Crippen LogP contribution >= 0.6 is 0 Å². The SMILES string of the molecule is C=C/C=C\C=N/N(C=C)C(C)(C)C. The van der Waals surface area contributed by atoms with Gasteiger partial charge in [0.05, 0.1) is 5.54 Å². The zero-order valence-corrected chi connectivity index (χ0v) is 8.70. The van der Waals surface area contributed by atoms with E-state index < -0.39 is 0 Å². The molecular formula is C11H18N2. The van der Waals surface area contributed by atoms with Gasteiger partial charge < -0.3 is 0 Å². The number of hydrogen-bond acceptors (Lipinski definition) is 2. The molecule has 0 aromatic heterocycles. The zero-order valence-electron chi connectivity index (χ0n) is 8.70. The summed E-state index contributed by atoms with van der Waals surface area (Å²) in [5, 5.41) is 6.01. The van der Waals surface area contributed by atoms with E-state index in [1.165, 1.54) is 0 Å². The highest BCUT2D eigenvalue weighted by molar-refractivity contribution is 5.71.